The summed E-state index contributed by atoms with van der Waals surface area (Å²) in [6.45, 7) is 6.86. The Labute approximate surface area is 182 Å². The van der Waals surface area contributed by atoms with Crippen molar-refractivity contribution in [2.24, 2.45) is 5.10 Å². The van der Waals surface area contributed by atoms with Gasteiger partial charge in [0.1, 0.15) is 0 Å². The average Bonchev–Trinajstić information content (AvgIpc) is 2.82. The summed E-state index contributed by atoms with van der Waals surface area (Å²) in [5.74, 6) is 0. The van der Waals surface area contributed by atoms with Crippen molar-refractivity contribution >= 4 is 17.6 Å². The van der Waals surface area contributed by atoms with Gasteiger partial charge in [-0.25, -0.2) is 5.01 Å². The smallest absolute Gasteiger partial charge is 0.0652 e. The number of nitrogens with one attached hydrogen (secondary N) is 1. The van der Waals surface area contributed by atoms with Crippen molar-refractivity contribution in [2.45, 2.75) is 39.5 Å². The Morgan fingerprint density at radius 3 is 1.53 bits per heavy atom. The predicted octanol–water partition coefficient (Wildman–Crippen LogP) is 7.04. The molecule has 0 radical (unpaired) electrons. The lowest BCUT2D eigenvalue weighted by atomic mass is 10.2. The van der Waals surface area contributed by atoms with Crippen LogP contribution in [-0.4, -0.2) is 19.3 Å². The van der Waals surface area contributed by atoms with Crippen molar-refractivity contribution in [1.82, 2.24) is 5.32 Å². The second-order valence-electron chi connectivity index (χ2n) is 7.10. The van der Waals surface area contributed by atoms with Crippen LogP contribution in [0.25, 0.3) is 0 Å². The molecule has 0 aliphatic heterocycles. The van der Waals surface area contributed by atoms with Crippen LogP contribution in [0.2, 0.25) is 0 Å². The Balaban J connectivity index is 0.000000303. The highest BCUT2D eigenvalue weighted by Gasteiger charge is 2.06. The zero-order chi connectivity index (χ0) is 21.3. The summed E-state index contributed by atoms with van der Waals surface area (Å²) in [5.41, 5.74) is 3.15. The van der Waals surface area contributed by atoms with Gasteiger partial charge in [-0.1, -0.05) is 93.4 Å². The van der Waals surface area contributed by atoms with Crippen molar-refractivity contribution in [2.75, 3.05) is 18.1 Å². The van der Waals surface area contributed by atoms with Gasteiger partial charge >= 0.3 is 0 Å². The minimum atomic E-state index is 1.04. The second kappa shape index (κ2) is 15.0. The molecule has 0 aromatic heterocycles. The van der Waals surface area contributed by atoms with Gasteiger partial charge in [0.25, 0.3) is 0 Å². The van der Waals surface area contributed by atoms with Gasteiger partial charge in [-0.3, -0.25) is 0 Å². The molecule has 1 N–H and O–H groups in total. The molecule has 0 unspecified atom stereocenters. The number of nitrogens with zero attached hydrogens (tertiary/aromatic N) is 2. The van der Waals surface area contributed by atoms with Gasteiger partial charge in [-0.05, 0) is 55.8 Å². The van der Waals surface area contributed by atoms with E-state index in [1.165, 1.54) is 38.8 Å². The Hall–Kier alpha value is -2.91. The maximum Gasteiger partial charge on any atom is 0.0652 e. The lowest BCUT2D eigenvalue weighted by Gasteiger charge is -2.19. The first-order valence-corrected chi connectivity index (χ1v) is 11.0. The molecule has 30 heavy (non-hydrogen) atoms. The minimum absolute atomic E-state index is 1.04. The van der Waals surface area contributed by atoms with Gasteiger partial charge in [0, 0.05) is 0 Å². The summed E-state index contributed by atoms with van der Waals surface area (Å²) < 4.78 is 0. The molecule has 0 aliphatic carbocycles. The van der Waals surface area contributed by atoms with E-state index < -0.39 is 0 Å². The van der Waals surface area contributed by atoms with Crippen molar-refractivity contribution in [3.05, 3.63) is 96.6 Å². The number of hydrazone groups is 1. The molecule has 0 saturated heterocycles. The topological polar surface area (TPSA) is 27.6 Å². The SMILES string of the molecule is C(=NN(c1ccccc1)c1ccccc1)c1ccccc1.CCCCNCCCC. The highest BCUT2D eigenvalue weighted by molar-refractivity contribution is 5.81. The maximum atomic E-state index is 4.64. The quantitative estimate of drug-likeness (QED) is 0.224. The summed E-state index contributed by atoms with van der Waals surface area (Å²) in [4.78, 5) is 0. The van der Waals surface area contributed by atoms with Crippen LogP contribution in [-0.2, 0) is 0 Å². The van der Waals surface area contributed by atoms with Crippen LogP contribution < -0.4 is 10.3 Å². The van der Waals surface area contributed by atoms with Crippen molar-refractivity contribution in [3.63, 3.8) is 0 Å². The van der Waals surface area contributed by atoms with Crippen molar-refractivity contribution in [1.29, 1.82) is 0 Å². The van der Waals surface area contributed by atoms with Crippen LogP contribution in [0.1, 0.15) is 45.1 Å². The molecule has 0 atom stereocenters. The van der Waals surface area contributed by atoms with E-state index in [9.17, 15) is 0 Å². The number of benzene rings is 3. The lowest BCUT2D eigenvalue weighted by Crippen LogP contribution is -2.15. The number of anilines is 2. The molecule has 0 aliphatic rings. The van der Waals surface area contributed by atoms with E-state index >= 15 is 0 Å². The Morgan fingerprint density at radius 2 is 1.10 bits per heavy atom. The molecule has 0 amide bonds. The van der Waals surface area contributed by atoms with Gasteiger partial charge in [0.15, 0.2) is 0 Å². The minimum Gasteiger partial charge on any atom is -0.317 e. The van der Waals surface area contributed by atoms with E-state index in [1.54, 1.807) is 0 Å². The summed E-state index contributed by atoms with van der Waals surface area (Å²) in [6, 6.07) is 30.4. The van der Waals surface area contributed by atoms with Crippen LogP contribution >= 0.6 is 0 Å². The van der Waals surface area contributed by atoms with E-state index in [1.807, 2.05) is 78.0 Å². The third-order valence-electron chi connectivity index (χ3n) is 4.54. The molecule has 3 rings (SSSR count). The molecule has 0 fully saturated rings. The lowest BCUT2D eigenvalue weighted by molar-refractivity contribution is 0.611. The molecule has 3 nitrogen and oxygen atoms in total. The molecule has 3 aromatic carbocycles. The Morgan fingerprint density at radius 1 is 0.667 bits per heavy atom. The molecule has 0 bridgehead atoms. The number of rotatable bonds is 10. The molecule has 0 saturated carbocycles. The molecular formula is C27H35N3. The number of hydrogen-bond acceptors (Lipinski definition) is 3. The Bertz CT molecular complexity index is 756. The molecule has 0 heterocycles. The molecule has 158 valence electrons. The van der Waals surface area contributed by atoms with Gasteiger partial charge in [-0.15, -0.1) is 0 Å². The normalized spacial score (nSPS) is 10.5. The predicted molar refractivity (Wildman–Crippen MR) is 132 cm³/mol. The standard InChI is InChI=1S/C19H16N2.C8H19N/c1-4-10-17(11-5-1)16-20-21(18-12-6-2-7-13-18)19-14-8-3-9-15-19;1-3-5-7-9-8-6-4-2/h1-16H;9H,3-8H2,1-2H3. The van der Waals surface area contributed by atoms with Gasteiger partial charge in [-0.2, -0.15) is 5.10 Å². The molecular weight excluding hydrogens is 366 g/mol. The van der Waals surface area contributed by atoms with E-state index in [0.29, 0.717) is 0 Å². The first-order chi connectivity index (χ1) is 14.8. The summed E-state index contributed by atoms with van der Waals surface area (Å²) >= 11 is 0. The fourth-order valence-corrected chi connectivity index (χ4v) is 2.81. The van der Waals surface area contributed by atoms with E-state index in [2.05, 4.69) is 48.5 Å². The van der Waals surface area contributed by atoms with Crippen molar-refractivity contribution in [3.8, 4) is 0 Å². The molecule has 0 spiro atoms. The molecule has 3 heteroatoms. The van der Waals surface area contributed by atoms with E-state index in [0.717, 1.165) is 16.9 Å². The first-order valence-electron chi connectivity index (χ1n) is 11.0. The van der Waals surface area contributed by atoms with Crippen LogP contribution in [0.4, 0.5) is 11.4 Å². The maximum absolute atomic E-state index is 4.64. The van der Waals surface area contributed by atoms with Gasteiger partial charge in [0.05, 0.1) is 17.6 Å². The zero-order valence-corrected chi connectivity index (χ0v) is 18.4. The van der Waals surface area contributed by atoms with Gasteiger partial charge in [0.2, 0.25) is 0 Å². The van der Waals surface area contributed by atoms with Crippen LogP contribution in [0.5, 0.6) is 0 Å². The Kier molecular flexibility index (Phi) is 11.7. The third kappa shape index (κ3) is 9.06. The van der Waals surface area contributed by atoms with Crippen LogP contribution in [0.3, 0.4) is 0 Å². The summed E-state index contributed by atoms with van der Waals surface area (Å²) in [7, 11) is 0. The van der Waals surface area contributed by atoms with Gasteiger partial charge < -0.3 is 5.32 Å². The third-order valence-corrected chi connectivity index (χ3v) is 4.54. The fraction of sp³-hybridized carbons (Fsp3) is 0.296. The van der Waals surface area contributed by atoms with Crippen LogP contribution in [0, 0.1) is 0 Å². The molecule has 3 aromatic rings. The fourth-order valence-electron chi connectivity index (χ4n) is 2.81. The highest BCUT2D eigenvalue weighted by atomic mass is 15.5. The van der Waals surface area contributed by atoms with E-state index in [4.69, 9.17) is 0 Å². The van der Waals surface area contributed by atoms with Crippen LogP contribution in [0.15, 0.2) is 96.1 Å². The summed E-state index contributed by atoms with van der Waals surface area (Å²) in [6.07, 6.45) is 7.13. The number of unbranched alkanes of at least 4 members (excludes halogenated alkanes) is 2. The number of para-hydroxylation sites is 2. The second-order valence-corrected chi connectivity index (χ2v) is 7.10. The highest BCUT2D eigenvalue weighted by Crippen LogP contribution is 2.25. The monoisotopic (exact) mass is 401 g/mol. The summed E-state index contributed by atoms with van der Waals surface area (Å²) in [5, 5.41) is 9.97. The van der Waals surface area contributed by atoms with E-state index in [-0.39, 0.29) is 0 Å². The number of hydrogen-bond donors (Lipinski definition) is 1. The largest absolute Gasteiger partial charge is 0.317 e. The first kappa shape index (κ1) is 23.4. The average molecular weight is 402 g/mol. The zero-order valence-electron chi connectivity index (χ0n) is 18.4. The van der Waals surface area contributed by atoms with Crippen molar-refractivity contribution < 1.29 is 0 Å².